The fourth-order valence-electron chi connectivity index (χ4n) is 2.97. The lowest BCUT2D eigenvalue weighted by Crippen LogP contribution is -2.22. The van der Waals surface area contributed by atoms with E-state index in [0.29, 0.717) is 21.1 Å². The lowest BCUT2D eigenvalue weighted by atomic mass is 10.2. The van der Waals surface area contributed by atoms with Crippen LogP contribution in [0.5, 0.6) is 0 Å². The van der Waals surface area contributed by atoms with Gasteiger partial charge in [-0.05, 0) is 49.2 Å². The number of para-hydroxylation sites is 1. The Labute approximate surface area is 154 Å². The molecule has 1 aliphatic heterocycles. The highest BCUT2D eigenvalue weighted by molar-refractivity contribution is 7.99. The molecule has 0 unspecified atom stereocenters. The summed E-state index contributed by atoms with van der Waals surface area (Å²) in [5.41, 5.74) is 1.41. The minimum absolute atomic E-state index is 0.0669. The molecule has 25 heavy (non-hydrogen) atoms. The van der Waals surface area contributed by atoms with E-state index in [-0.39, 0.29) is 11.7 Å². The van der Waals surface area contributed by atoms with Crippen LogP contribution in [-0.2, 0) is 4.74 Å². The van der Waals surface area contributed by atoms with E-state index in [0.717, 1.165) is 30.9 Å². The van der Waals surface area contributed by atoms with Crippen molar-refractivity contribution < 1.29 is 4.74 Å². The van der Waals surface area contributed by atoms with Gasteiger partial charge >= 0.3 is 0 Å². The minimum atomic E-state index is -0.0669. The summed E-state index contributed by atoms with van der Waals surface area (Å²) in [5, 5.41) is 1.93. The van der Waals surface area contributed by atoms with Gasteiger partial charge in [0.1, 0.15) is 0 Å². The van der Waals surface area contributed by atoms with E-state index in [1.54, 1.807) is 28.5 Å². The maximum atomic E-state index is 13.1. The zero-order valence-corrected chi connectivity index (χ0v) is 15.1. The third kappa shape index (κ3) is 3.45. The summed E-state index contributed by atoms with van der Waals surface area (Å²) in [6.07, 6.45) is 2.39. The summed E-state index contributed by atoms with van der Waals surface area (Å²) in [5.74, 6) is 0.790. The van der Waals surface area contributed by atoms with Crippen LogP contribution >= 0.6 is 23.4 Å². The third-order valence-electron chi connectivity index (χ3n) is 4.25. The van der Waals surface area contributed by atoms with Crippen LogP contribution in [-0.4, -0.2) is 28.0 Å². The molecule has 128 valence electrons. The van der Waals surface area contributed by atoms with Crippen molar-refractivity contribution in [2.24, 2.45) is 0 Å². The molecule has 1 aliphatic rings. The van der Waals surface area contributed by atoms with Gasteiger partial charge in [-0.2, -0.15) is 0 Å². The second-order valence-corrected chi connectivity index (χ2v) is 7.40. The molecular formula is C19H17ClN2O2S. The van der Waals surface area contributed by atoms with Crippen molar-refractivity contribution in [1.29, 1.82) is 0 Å². The van der Waals surface area contributed by atoms with Gasteiger partial charge in [0.25, 0.3) is 5.56 Å². The van der Waals surface area contributed by atoms with Gasteiger partial charge in [0.15, 0.2) is 5.16 Å². The number of ether oxygens (including phenoxy) is 1. The normalized spacial score (nSPS) is 17.2. The van der Waals surface area contributed by atoms with Gasteiger partial charge < -0.3 is 4.74 Å². The second-order valence-electron chi connectivity index (χ2n) is 5.97. The van der Waals surface area contributed by atoms with Crippen molar-refractivity contribution in [2.75, 3.05) is 12.4 Å². The summed E-state index contributed by atoms with van der Waals surface area (Å²) >= 11 is 7.56. The number of benzene rings is 2. The Bertz CT molecular complexity index is 950. The molecule has 0 saturated carbocycles. The Morgan fingerprint density at radius 3 is 2.76 bits per heavy atom. The number of hydrogen-bond donors (Lipinski definition) is 0. The molecule has 0 spiro atoms. The van der Waals surface area contributed by atoms with Crippen molar-refractivity contribution in [1.82, 2.24) is 9.55 Å². The number of nitrogens with zero attached hydrogens (tertiary/aromatic N) is 2. The van der Waals surface area contributed by atoms with Gasteiger partial charge in [-0.3, -0.25) is 9.36 Å². The minimum Gasteiger partial charge on any atom is -0.377 e. The Balaban J connectivity index is 1.81. The van der Waals surface area contributed by atoms with E-state index < -0.39 is 0 Å². The van der Waals surface area contributed by atoms with Gasteiger partial charge in [0.2, 0.25) is 0 Å². The van der Waals surface area contributed by atoms with Crippen LogP contribution in [0.3, 0.4) is 0 Å². The van der Waals surface area contributed by atoms with E-state index in [2.05, 4.69) is 0 Å². The van der Waals surface area contributed by atoms with E-state index >= 15 is 0 Å². The van der Waals surface area contributed by atoms with Gasteiger partial charge in [0.05, 0.1) is 22.7 Å². The first kappa shape index (κ1) is 16.6. The molecular weight excluding hydrogens is 356 g/mol. The molecule has 0 aliphatic carbocycles. The highest BCUT2D eigenvalue weighted by Gasteiger charge is 2.19. The SMILES string of the molecule is O=c1c2ccccc2nc(SC[C@@H]2CCCO2)n1-c1ccc(Cl)cc1. The van der Waals surface area contributed by atoms with Crippen LogP contribution in [0.2, 0.25) is 5.02 Å². The first-order valence-electron chi connectivity index (χ1n) is 8.24. The Morgan fingerprint density at radius 2 is 2.00 bits per heavy atom. The van der Waals surface area contributed by atoms with Crippen LogP contribution in [0.15, 0.2) is 58.5 Å². The van der Waals surface area contributed by atoms with E-state index in [9.17, 15) is 4.79 Å². The number of fused-ring (bicyclic) bond motifs is 1. The predicted molar refractivity (Wildman–Crippen MR) is 102 cm³/mol. The van der Waals surface area contributed by atoms with E-state index in [1.165, 1.54) is 0 Å². The first-order valence-corrected chi connectivity index (χ1v) is 9.61. The van der Waals surface area contributed by atoms with Crippen LogP contribution in [0.1, 0.15) is 12.8 Å². The van der Waals surface area contributed by atoms with Gasteiger partial charge in [-0.1, -0.05) is 35.5 Å². The number of hydrogen-bond acceptors (Lipinski definition) is 4. The molecule has 2 heterocycles. The number of rotatable bonds is 4. The summed E-state index contributed by atoms with van der Waals surface area (Å²) in [4.78, 5) is 17.8. The Hall–Kier alpha value is -1.82. The molecule has 2 aromatic carbocycles. The molecule has 0 N–H and O–H groups in total. The maximum absolute atomic E-state index is 13.1. The summed E-state index contributed by atoms with van der Waals surface area (Å²) in [6.45, 7) is 0.820. The Kier molecular flexibility index (Phi) is 4.79. The zero-order chi connectivity index (χ0) is 17.2. The van der Waals surface area contributed by atoms with Crippen LogP contribution < -0.4 is 5.56 Å². The van der Waals surface area contributed by atoms with Crippen molar-refractivity contribution in [3.8, 4) is 5.69 Å². The predicted octanol–water partition coefficient (Wildman–Crippen LogP) is 4.31. The average Bonchev–Trinajstić information content (AvgIpc) is 3.15. The fraction of sp³-hybridized carbons (Fsp3) is 0.263. The molecule has 0 radical (unpaired) electrons. The van der Waals surface area contributed by atoms with Crippen LogP contribution in [0, 0.1) is 0 Å². The standard InChI is InChI=1S/C19H17ClN2O2S/c20-13-7-9-14(10-8-13)22-18(23)16-5-1-2-6-17(16)21-19(22)25-12-15-4-3-11-24-15/h1-2,5-10,15H,3-4,11-12H2/t15-/m0/s1. The fourth-order valence-corrected chi connectivity index (χ4v) is 4.17. The molecule has 6 heteroatoms. The lowest BCUT2D eigenvalue weighted by molar-refractivity contribution is 0.129. The van der Waals surface area contributed by atoms with E-state index in [4.69, 9.17) is 21.3 Å². The number of aromatic nitrogens is 2. The van der Waals surface area contributed by atoms with Crippen LogP contribution in [0.25, 0.3) is 16.6 Å². The van der Waals surface area contributed by atoms with Gasteiger partial charge in [0, 0.05) is 17.4 Å². The van der Waals surface area contributed by atoms with Crippen molar-refractivity contribution in [2.45, 2.75) is 24.1 Å². The molecule has 4 nitrogen and oxygen atoms in total. The molecule has 0 bridgehead atoms. The van der Waals surface area contributed by atoms with Gasteiger partial charge in [-0.25, -0.2) is 4.98 Å². The monoisotopic (exact) mass is 372 g/mol. The average molecular weight is 373 g/mol. The van der Waals surface area contributed by atoms with Crippen molar-refractivity contribution >= 4 is 34.3 Å². The number of halogens is 1. The van der Waals surface area contributed by atoms with Crippen molar-refractivity contribution in [3.63, 3.8) is 0 Å². The molecule has 1 fully saturated rings. The Morgan fingerprint density at radius 1 is 1.20 bits per heavy atom. The zero-order valence-electron chi connectivity index (χ0n) is 13.5. The topological polar surface area (TPSA) is 44.1 Å². The van der Waals surface area contributed by atoms with E-state index in [1.807, 2.05) is 36.4 Å². The lowest BCUT2D eigenvalue weighted by Gasteiger charge is -2.15. The molecule has 4 rings (SSSR count). The largest absolute Gasteiger partial charge is 0.377 e. The van der Waals surface area contributed by atoms with Crippen molar-refractivity contribution in [3.05, 3.63) is 63.9 Å². The molecule has 1 aromatic heterocycles. The highest BCUT2D eigenvalue weighted by Crippen LogP contribution is 2.25. The quantitative estimate of drug-likeness (QED) is 0.505. The molecule has 0 amide bonds. The van der Waals surface area contributed by atoms with Crippen LogP contribution in [0.4, 0.5) is 0 Å². The summed E-state index contributed by atoms with van der Waals surface area (Å²) in [6, 6.07) is 14.7. The maximum Gasteiger partial charge on any atom is 0.266 e. The molecule has 1 saturated heterocycles. The summed E-state index contributed by atoms with van der Waals surface area (Å²) < 4.78 is 7.37. The van der Waals surface area contributed by atoms with Gasteiger partial charge in [-0.15, -0.1) is 0 Å². The molecule has 1 atom stereocenters. The smallest absolute Gasteiger partial charge is 0.266 e. The summed E-state index contributed by atoms with van der Waals surface area (Å²) in [7, 11) is 0. The number of thioether (sulfide) groups is 1. The second kappa shape index (κ2) is 7.20. The first-order chi connectivity index (χ1) is 12.2. The highest BCUT2D eigenvalue weighted by atomic mass is 35.5. The third-order valence-corrected chi connectivity index (χ3v) is 5.57. The molecule has 3 aromatic rings.